The standard InChI is InChI=1S/C18H23BrINO2/c1-14-4-5-16(19)10-15(14)12-21(2)8-9-23-13-17-11-18(22-3)6-7-20-17/h4-7,10-11H,8-9,12-13H2,1-3H3. The molecule has 0 N–H and O–H groups in total. The Labute approximate surface area is 157 Å². The van der Waals surface area contributed by atoms with E-state index in [4.69, 9.17) is 9.47 Å². The Bertz CT molecular complexity index is 625. The summed E-state index contributed by atoms with van der Waals surface area (Å²) in [5.74, 6) is 0.928. The van der Waals surface area contributed by atoms with Crippen molar-refractivity contribution in [3.05, 3.63) is 55.3 Å². The lowest BCUT2D eigenvalue weighted by atomic mass is 10.1. The molecule has 0 fully saturated rings. The molecule has 1 aliphatic rings. The highest BCUT2D eigenvalue weighted by atomic mass is 127. The molecule has 0 amide bonds. The number of halogens is 2. The average Bonchev–Trinajstić information content (AvgIpc) is 2.55. The van der Waals surface area contributed by atoms with Crippen LogP contribution in [0.25, 0.3) is 0 Å². The summed E-state index contributed by atoms with van der Waals surface area (Å²) in [6.45, 7) is 5.48. The molecule has 0 spiro atoms. The minimum Gasteiger partial charge on any atom is -0.497 e. The van der Waals surface area contributed by atoms with Gasteiger partial charge in [-0.05, 0) is 53.4 Å². The molecule has 1 heterocycles. The fraction of sp³-hybridized carbons (Fsp3) is 0.389. The minimum atomic E-state index is -0.0309. The predicted octanol–water partition coefficient (Wildman–Crippen LogP) is 4.41. The normalized spacial score (nSPS) is 14.3. The number of rotatable bonds is 8. The molecule has 1 aromatic carbocycles. The molecule has 23 heavy (non-hydrogen) atoms. The van der Waals surface area contributed by atoms with Crippen molar-refractivity contribution in [1.82, 2.24) is 4.90 Å². The number of methoxy groups -OCH3 is 1. The van der Waals surface area contributed by atoms with Crippen molar-refractivity contribution in [3.8, 4) is 0 Å². The van der Waals surface area contributed by atoms with Gasteiger partial charge in [0.1, 0.15) is 5.76 Å². The van der Waals surface area contributed by atoms with Crippen molar-refractivity contribution >= 4 is 40.7 Å². The van der Waals surface area contributed by atoms with E-state index in [-0.39, 0.29) is 20.7 Å². The fourth-order valence-corrected chi connectivity index (χ4v) is 4.47. The summed E-state index contributed by atoms with van der Waals surface area (Å²) in [6.07, 6.45) is 4.16. The van der Waals surface area contributed by atoms with Gasteiger partial charge >= 0.3 is 0 Å². The molecule has 2 rings (SSSR count). The van der Waals surface area contributed by atoms with Crippen LogP contribution in [0.4, 0.5) is 0 Å². The third kappa shape index (κ3) is 6.49. The van der Waals surface area contributed by atoms with Crippen LogP contribution in [-0.2, 0) is 16.0 Å². The average molecular weight is 492 g/mol. The van der Waals surface area contributed by atoms with Crippen molar-refractivity contribution in [2.45, 2.75) is 13.5 Å². The molecule has 0 saturated carbocycles. The van der Waals surface area contributed by atoms with Crippen LogP contribution in [0.3, 0.4) is 0 Å². The number of nitrogens with zero attached hydrogens (tertiary/aromatic N) is 1. The topological polar surface area (TPSA) is 21.7 Å². The van der Waals surface area contributed by atoms with E-state index >= 15 is 0 Å². The van der Waals surface area contributed by atoms with Gasteiger partial charge in [0.2, 0.25) is 0 Å². The number of benzene rings is 1. The zero-order chi connectivity index (χ0) is 16.7. The molecule has 1 aromatic rings. The first kappa shape index (κ1) is 18.8. The Morgan fingerprint density at radius 3 is 2.91 bits per heavy atom. The van der Waals surface area contributed by atoms with Crippen molar-refractivity contribution < 1.29 is 9.47 Å². The van der Waals surface area contributed by atoms with Gasteiger partial charge in [-0.1, -0.05) is 42.7 Å². The number of ether oxygens (including phenoxy) is 2. The number of hydrogen-bond donors (Lipinski definition) is 0. The first-order chi connectivity index (χ1) is 11.1. The van der Waals surface area contributed by atoms with Crippen LogP contribution in [0.15, 0.2) is 44.2 Å². The molecule has 0 radical (unpaired) electrons. The maximum atomic E-state index is 5.83. The fourth-order valence-electron chi connectivity index (χ4n) is 2.18. The van der Waals surface area contributed by atoms with Crippen LogP contribution in [0.2, 0.25) is 0 Å². The quantitative estimate of drug-likeness (QED) is 0.397. The Kier molecular flexibility index (Phi) is 7.95. The lowest BCUT2D eigenvalue weighted by molar-refractivity contribution is 0.131. The van der Waals surface area contributed by atoms with Gasteiger partial charge < -0.3 is 9.47 Å². The summed E-state index contributed by atoms with van der Waals surface area (Å²) < 4.78 is 15.8. The molecule has 0 aliphatic carbocycles. The first-order valence-electron chi connectivity index (χ1n) is 7.51. The smallest absolute Gasteiger partial charge is 0.120 e. The molecule has 126 valence electrons. The van der Waals surface area contributed by atoms with E-state index < -0.39 is 0 Å². The molecule has 0 atom stereocenters. The van der Waals surface area contributed by atoms with E-state index in [1.54, 1.807) is 7.11 Å². The summed E-state index contributed by atoms with van der Waals surface area (Å²) in [5, 5.41) is 0. The molecule has 0 bridgehead atoms. The lowest BCUT2D eigenvalue weighted by Crippen LogP contribution is -2.23. The first-order valence-corrected chi connectivity index (χ1v) is 10.6. The number of hydrogen-bond acceptors (Lipinski definition) is 3. The van der Waals surface area contributed by atoms with Crippen molar-refractivity contribution in [1.29, 1.82) is 0 Å². The van der Waals surface area contributed by atoms with Gasteiger partial charge in [0.15, 0.2) is 0 Å². The molecule has 1 aliphatic heterocycles. The molecule has 5 heteroatoms. The summed E-state index contributed by atoms with van der Waals surface area (Å²) >= 11 is 3.51. The molecule has 0 aromatic heterocycles. The summed E-state index contributed by atoms with van der Waals surface area (Å²) in [4.78, 5) is 2.30. The number of likely N-dealkylation sites (N-methyl/N-ethyl adjacent to an activating group) is 1. The number of allylic oxidation sites excluding steroid dienone is 2. The second kappa shape index (κ2) is 9.71. The second-order valence-corrected chi connectivity index (χ2v) is 9.10. The molecular weight excluding hydrogens is 469 g/mol. The Morgan fingerprint density at radius 1 is 1.30 bits per heavy atom. The van der Waals surface area contributed by atoms with Gasteiger partial charge in [-0.25, -0.2) is 0 Å². The van der Waals surface area contributed by atoms with E-state index in [0.717, 1.165) is 29.9 Å². The zero-order valence-electron chi connectivity index (χ0n) is 13.8. The van der Waals surface area contributed by atoms with Crippen LogP contribution < -0.4 is 0 Å². The third-order valence-corrected chi connectivity index (χ3v) is 6.21. The van der Waals surface area contributed by atoms with E-state index in [1.165, 1.54) is 14.7 Å². The molecule has 3 nitrogen and oxygen atoms in total. The predicted molar refractivity (Wildman–Crippen MR) is 109 cm³/mol. The van der Waals surface area contributed by atoms with Crippen molar-refractivity contribution in [3.63, 3.8) is 0 Å². The van der Waals surface area contributed by atoms with E-state index in [9.17, 15) is 0 Å². The molecule has 0 saturated heterocycles. The maximum Gasteiger partial charge on any atom is 0.120 e. The molecule has 0 unspecified atom stereocenters. The zero-order valence-corrected chi connectivity index (χ0v) is 17.6. The summed E-state index contributed by atoms with van der Waals surface area (Å²) in [5.41, 5.74) is 2.68. The van der Waals surface area contributed by atoms with Crippen molar-refractivity contribution in [2.75, 3.05) is 33.9 Å². The van der Waals surface area contributed by atoms with Crippen LogP contribution in [0.1, 0.15) is 11.1 Å². The largest absolute Gasteiger partial charge is 0.497 e. The van der Waals surface area contributed by atoms with Gasteiger partial charge in [0, 0.05) is 21.1 Å². The second-order valence-electron chi connectivity index (χ2n) is 5.46. The van der Waals surface area contributed by atoms with Gasteiger partial charge in [-0.3, -0.25) is 4.90 Å². The van der Waals surface area contributed by atoms with Crippen LogP contribution in [0.5, 0.6) is 0 Å². The van der Waals surface area contributed by atoms with E-state index in [2.05, 4.69) is 63.1 Å². The van der Waals surface area contributed by atoms with Gasteiger partial charge in [-0.2, -0.15) is 0 Å². The van der Waals surface area contributed by atoms with Gasteiger partial charge in [0.25, 0.3) is 0 Å². The highest BCUT2D eigenvalue weighted by Gasteiger charge is 2.05. The summed E-state index contributed by atoms with van der Waals surface area (Å²) in [7, 11) is 3.84. The highest BCUT2D eigenvalue weighted by Crippen LogP contribution is 2.21. The van der Waals surface area contributed by atoms with Crippen LogP contribution >= 0.6 is 36.7 Å². The van der Waals surface area contributed by atoms with E-state index in [0.29, 0.717) is 6.61 Å². The van der Waals surface area contributed by atoms with Gasteiger partial charge in [-0.15, -0.1) is 0 Å². The SMILES string of the molecule is COC1=CC=IC(COCCN(C)Cc2cc(Br)ccc2C)=C1. The third-order valence-electron chi connectivity index (χ3n) is 3.57. The molecular formula is C18H23BrINO2. The Morgan fingerprint density at radius 2 is 2.13 bits per heavy atom. The Hall–Kier alpha value is -0.500. The maximum absolute atomic E-state index is 5.83. The van der Waals surface area contributed by atoms with Gasteiger partial charge in [0.05, 0.1) is 20.3 Å². The van der Waals surface area contributed by atoms with Crippen LogP contribution in [0, 0.1) is 6.92 Å². The van der Waals surface area contributed by atoms with E-state index in [1.807, 2.05) is 6.08 Å². The Balaban J connectivity index is 1.72. The summed E-state index contributed by atoms with van der Waals surface area (Å²) in [6, 6.07) is 6.43. The monoisotopic (exact) mass is 491 g/mol. The van der Waals surface area contributed by atoms with Crippen molar-refractivity contribution in [2.24, 2.45) is 0 Å². The van der Waals surface area contributed by atoms with Crippen LogP contribution in [-0.4, -0.2) is 42.8 Å². The number of aryl methyl sites for hydroxylation is 1. The highest BCUT2D eigenvalue weighted by molar-refractivity contribution is 14.2. The lowest BCUT2D eigenvalue weighted by Gasteiger charge is -2.18. The minimum absolute atomic E-state index is 0.0309.